The Balaban J connectivity index is 2.49. The molecular formula is C18H23NO3. The predicted octanol–water partition coefficient (Wildman–Crippen LogP) is 4.70. The Morgan fingerprint density at radius 2 is 1.77 bits per heavy atom. The summed E-state index contributed by atoms with van der Waals surface area (Å²) in [5.41, 5.74) is 0.208. The number of hydrogen-bond donors (Lipinski definition) is 1. The number of benzene rings is 2. The maximum atomic E-state index is 12.5. The van der Waals surface area contributed by atoms with E-state index in [0.717, 1.165) is 22.9 Å². The number of phenols is 1. The molecule has 0 radical (unpaired) electrons. The summed E-state index contributed by atoms with van der Waals surface area (Å²) in [6.45, 7) is 8.13. The van der Waals surface area contributed by atoms with Crippen molar-refractivity contribution in [1.82, 2.24) is 0 Å². The van der Waals surface area contributed by atoms with Crippen molar-refractivity contribution in [2.45, 2.75) is 39.7 Å². The third kappa shape index (κ3) is 3.50. The van der Waals surface area contributed by atoms with E-state index >= 15 is 0 Å². The summed E-state index contributed by atoms with van der Waals surface area (Å²) in [6, 6.07) is 10.9. The van der Waals surface area contributed by atoms with Crippen molar-refractivity contribution >= 4 is 22.6 Å². The fourth-order valence-corrected chi connectivity index (χ4v) is 2.36. The Hall–Kier alpha value is -2.23. The first kappa shape index (κ1) is 16.1. The maximum absolute atomic E-state index is 12.5. The van der Waals surface area contributed by atoms with Crippen molar-refractivity contribution in [3.63, 3.8) is 0 Å². The monoisotopic (exact) mass is 301 g/mol. The van der Waals surface area contributed by atoms with Gasteiger partial charge in [-0.05, 0) is 39.3 Å². The van der Waals surface area contributed by atoms with Gasteiger partial charge in [-0.3, -0.25) is 4.90 Å². The number of nitrogens with zero attached hydrogens (tertiary/aromatic N) is 1. The topological polar surface area (TPSA) is 49.8 Å². The number of anilines is 1. The quantitative estimate of drug-likeness (QED) is 0.894. The van der Waals surface area contributed by atoms with Gasteiger partial charge in [-0.2, -0.15) is 0 Å². The molecule has 0 saturated heterocycles. The Morgan fingerprint density at radius 3 is 2.41 bits per heavy atom. The number of rotatable bonds is 3. The summed E-state index contributed by atoms with van der Waals surface area (Å²) in [6.07, 6.45) is 0.444. The molecule has 2 rings (SSSR count). The highest BCUT2D eigenvalue weighted by atomic mass is 16.6. The van der Waals surface area contributed by atoms with Gasteiger partial charge < -0.3 is 9.84 Å². The van der Waals surface area contributed by atoms with Gasteiger partial charge in [0.05, 0.1) is 5.69 Å². The minimum absolute atomic E-state index is 0.208. The zero-order valence-electron chi connectivity index (χ0n) is 13.6. The number of aromatic hydroxyl groups is 1. The van der Waals surface area contributed by atoms with Gasteiger partial charge in [-0.25, -0.2) is 4.79 Å². The van der Waals surface area contributed by atoms with Crippen molar-refractivity contribution < 1.29 is 14.6 Å². The second-order valence-corrected chi connectivity index (χ2v) is 6.28. The molecule has 0 aliphatic heterocycles. The van der Waals surface area contributed by atoms with Crippen LogP contribution < -0.4 is 4.90 Å². The predicted molar refractivity (Wildman–Crippen MR) is 89.5 cm³/mol. The molecule has 22 heavy (non-hydrogen) atoms. The van der Waals surface area contributed by atoms with Gasteiger partial charge in [0.2, 0.25) is 0 Å². The van der Waals surface area contributed by atoms with Gasteiger partial charge in [0.15, 0.2) is 0 Å². The number of carbonyl (C=O) groups excluding carboxylic acids is 1. The van der Waals surface area contributed by atoms with Crippen LogP contribution in [0.5, 0.6) is 5.75 Å². The van der Waals surface area contributed by atoms with Crippen LogP contribution in [0.4, 0.5) is 10.5 Å². The third-order valence-electron chi connectivity index (χ3n) is 3.23. The fourth-order valence-electron chi connectivity index (χ4n) is 2.36. The Morgan fingerprint density at radius 1 is 1.14 bits per heavy atom. The molecule has 1 N–H and O–H groups in total. The highest BCUT2D eigenvalue weighted by molar-refractivity contribution is 6.03. The lowest BCUT2D eigenvalue weighted by atomic mass is 10.1. The molecular weight excluding hydrogens is 278 g/mol. The number of ether oxygens (including phenoxy) is 1. The van der Waals surface area contributed by atoms with E-state index in [4.69, 9.17) is 4.74 Å². The molecule has 0 aromatic heterocycles. The van der Waals surface area contributed by atoms with E-state index in [0.29, 0.717) is 6.54 Å². The van der Waals surface area contributed by atoms with Crippen molar-refractivity contribution in [1.29, 1.82) is 0 Å². The summed E-state index contributed by atoms with van der Waals surface area (Å²) in [7, 11) is 0. The van der Waals surface area contributed by atoms with Crippen LogP contribution in [0.1, 0.15) is 34.1 Å². The molecule has 0 unspecified atom stereocenters. The second kappa shape index (κ2) is 6.26. The van der Waals surface area contributed by atoms with Crippen LogP contribution >= 0.6 is 0 Å². The number of fused-ring (bicyclic) bond motifs is 1. The lowest BCUT2D eigenvalue weighted by Gasteiger charge is -2.28. The first-order chi connectivity index (χ1) is 10.3. The first-order valence-corrected chi connectivity index (χ1v) is 7.54. The van der Waals surface area contributed by atoms with E-state index in [1.807, 2.05) is 52.0 Å². The van der Waals surface area contributed by atoms with Crippen LogP contribution in [0.15, 0.2) is 36.4 Å². The van der Waals surface area contributed by atoms with Crippen molar-refractivity contribution in [2.75, 3.05) is 11.4 Å². The second-order valence-electron chi connectivity index (χ2n) is 6.28. The molecule has 4 heteroatoms. The van der Waals surface area contributed by atoms with Crippen LogP contribution in [0.2, 0.25) is 0 Å². The molecule has 0 heterocycles. The van der Waals surface area contributed by atoms with Crippen LogP contribution in [0, 0.1) is 0 Å². The average molecular weight is 301 g/mol. The minimum atomic E-state index is -0.546. The molecule has 0 atom stereocenters. The Bertz CT molecular complexity index is 674. The van der Waals surface area contributed by atoms with Crippen molar-refractivity contribution in [3.8, 4) is 5.75 Å². The molecule has 2 aromatic carbocycles. The molecule has 0 saturated carbocycles. The summed E-state index contributed by atoms with van der Waals surface area (Å²) >= 11 is 0. The van der Waals surface area contributed by atoms with E-state index in [1.165, 1.54) is 0 Å². The molecule has 0 aliphatic rings. The zero-order valence-corrected chi connectivity index (χ0v) is 13.6. The number of hydrogen-bond acceptors (Lipinski definition) is 3. The lowest BCUT2D eigenvalue weighted by Crippen LogP contribution is -2.37. The number of phenolic OH excluding ortho intramolecular Hbond substituents is 1. The van der Waals surface area contributed by atoms with E-state index in [-0.39, 0.29) is 11.8 Å². The van der Waals surface area contributed by atoms with Gasteiger partial charge in [-0.1, -0.05) is 31.2 Å². The van der Waals surface area contributed by atoms with Crippen LogP contribution in [-0.4, -0.2) is 23.3 Å². The van der Waals surface area contributed by atoms with E-state index in [9.17, 15) is 9.90 Å². The zero-order chi connectivity index (χ0) is 16.3. The maximum Gasteiger partial charge on any atom is 0.414 e. The molecule has 0 aliphatic carbocycles. The van der Waals surface area contributed by atoms with Crippen molar-refractivity contribution in [3.05, 3.63) is 36.4 Å². The molecule has 118 valence electrons. The van der Waals surface area contributed by atoms with Gasteiger partial charge in [0.25, 0.3) is 0 Å². The Labute approximate surface area is 131 Å². The van der Waals surface area contributed by atoms with Gasteiger partial charge in [0, 0.05) is 17.3 Å². The SMILES string of the molecule is CCCN(C(=O)OC(C)(C)C)c1cccc2c(O)cccc12. The molecule has 1 amide bonds. The summed E-state index contributed by atoms with van der Waals surface area (Å²) in [5.74, 6) is 0.208. The van der Waals surface area contributed by atoms with E-state index < -0.39 is 5.60 Å². The Kier molecular flexibility index (Phi) is 4.59. The highest BCUT2D eigenvalue weighted by Gasteiger charge is 2.24. The van der Waals surface area contributed by atoms with Gasteiger partial charge in [0.1, 0.15) is 11.4 Å². The van der Waals surface area contributed by atoms with Crippen LogP contribution in [-0.2, 0) is 4.74 Å². The molecule has 4 nitrogen and oxygen atoms in total. The summed E-state index contributed by atoms with van der Waals surface area (Å²) in [4.78, 5) is 14.2. The lowest BCUT2D eigenvalue weighted by molar-refractivity contribution is 0.0580. The first-order valence-electron chi connectivity index (χ1n) is 7.54. The van der Waals surface area contributed by atoms with E-state index in [1.54, 1.807) is 17.0 Å². The third-order valence-corrected chi connectivity index (χ3v) is 3.23. The molecule has 2 aromatic rings. The average Bonchev–Trinajstić information content (AvgIpc) is 2.43. The fraction of sp³-hybridized carbons (Fsp3) is 0.389. The van der Waals surface area contributed by atoms with Gasteiger partial charge >= 0.3 is 6.09 Å². The van der Waals surface area contributed by atoms with Gasteiger partial charge in [-0.15, -0.1) is 0 Å². The normalized spacial score (nSPS) is 11.5. The smallest absolute Gasteiger partial charge is 0.414 e. The summed E-state index contributed by atoms with van der Waals surface area (Å²) in [5, 5.41) is 11.6. The largest absolute Gasteiger partial charge is 0.507 e. The standard InChI is InChI=1S/C18H23NO3/c1-5-12-19(17(21)22-18(2,3)4)15-10-6-9-14-13(15)8-7-11-16(14)20/h6-11,20H,5,12H2,1-4H3. The molecule has 0 fully saturated rings. The number of amides is 1. The summed E-state index contributed by atoms with van der Waals surface area (Å²) < 4.78 is 5.51. The highest BCUT2D eigenvalue weighted by Crippen LogP contribution is 2.32. The van der Waals surface area contributed by atoms with Crippen LogP contribution in [0.3, 0.4) is 0 Å². The molecule has 0 bridgehead atoms. The minimum Gasteiger partial charge on any atom is -0.507 e. The van der Waals surface area contributed by atoms with Crippen LogP contribution in [0.25, 0.3) is 10.8 Å². The van der Waals surface area contributed by atoms with Crippen molar-refractivity contribution in [2.24, 2.45) is 0 Å². The van der Waals surface area contributed by atoms with E-state index in [2.05, 4.69) is 0 Å². The molecule has 0 spiro atoms. The number of carbonyl (C=O) groups is 1.